The van der Waals surface area contributed by atoms with Gasteiger partial charge in [-0.3, -0.25) is 9.59 Å². The van der Waals surface area contributed by atoms with E-state index in [4.69, 9.17) is 4.74 Å². The third kappa shape index (κ3) is 3.36. The maximum atomic E-state index is 12.4. The number of amides is 1. The van der Waals surface area contributed by atoms with E-state index in [9.17, 15) is 9.59 Å². The van der Waals surface area contributed by atoms with Crippen LogP contribution in [-0.2, 0) is 4.79 Å². The van der Waals surface area contributed by atoms with Gasteiger partial charge in [0.1, 0.15) is 5.75 Å². The Kier molecular flexibility index (Phi) is 4.86. The second-order valence-electron chi connectivity index (χ2n) is 7.31. The molecule has 136 valence electrons. The molecule has 0 saturated heterocycles. The number of ketones is 1. The van der Waals surface area contributed by atoms with Gasteiger partial charge in [-0.05, 0) is 61.9 Å². The van der Waals surface area contributed by atoms with Crippen LogP contribution in [0, 0.1) is 27.7 Å². The lowest BCUT2D eigenvalue weighted by Gasteiger charge is -2.15. The van der Waals surface area contributed by atoms with Crippen molar-refractivity contribution in [3.8, 4) is 5.75 Å². The third-order valence-corrected chi connectivity index (χ3v) is 4.99. The van der Waals surface area contributed by atoms with E-state index in [1.807, 2.05) is 45.9 Å². The quantitative estimate of drug-likeness (QED) is 0.874. The first-order valence-corrected chi connectivity index (χ1v) is 8.95. The van der Waals surface area contributed by atoms with E-state index < -0.39 is 0 Å². The summed E-state index contributed by atoms with van der Waals surface area (Å²) in [7, 11) is 0. The van der Waals surface area contributed by atoms with Crippen LogP contribution in [-0.4, -0.2) is 18.3 Å². The molecule has 0 spiro atoms. The van der Waals surface area contributed by atoms with Gasteiger partial charge in [-0.25, -0.2) is 0 Å². The van der Waals surface area contributed by atoms with E-state index in [0.717, 1.165) is 33.5 Å². The van der Waals surface area contributed by atoms with E-state index in [1.54, 1.807) is 6.07 Å². The monoisotopic (exact) mass is 351 g/mol. The Morgan fingerprint density at radius 2 is 1.77 bits per heavy atom. The molecule has 1 atom stereocenters. The minimum Gasteiger partial charge on any atom is -0.483 e. The molecule has 0 saturated carbocycles. The first-order valence-electron chi connectivity index (χ1n) is 8.95. The Morgan fingerprint density at radius 1 is 1.12 bits per heavy atom. The highest BCUT2D eigenvalue weighted by Crippen LogP contribution is 2.40. The molecule has 0 unspecified atom stereocenters. The molecule has 1 aliphatic carbocycles. The number of aryl methyl sites for hydroxylation is 4. The van der Waals surface area contributed by atoms with Gasteiger partial charge in [0.15, 0.2) is 12.4 Å². The molecule has 2 aromatic rings. The van der Waals surface area contributed by atoms with Gasteiger partial charge in [0, 0.05) is 12.1 Å². The van der Waals surface area contributed by atoms with E-state index in [2.05, 4.69) is 12.2 Å². The van der Waals surface area contributed by atoms with Crippen molar-refractivity contribution in [2.45, 2.75) is 47.0 Å². The van der Waals surface area contributed by atoms with Crippen LogP contribution in [0.15, 0.2) is 24.3 Å². The molecule has 0 radical (unpaired) electrons. The number of hydrogen-bond donors (Lipinski definition) is 1. The highest BCUT2D eigenvalue weighted by atomic mass is 16.5. The molecule has 1 N–H and O–H groups in total. The standard InChI is InChI=1S/C22H25NO3/c1-12-8-15(4)22(16(5)9-12)23-19(25)11-26-18-7-6-13(2)20-14(3)10-17(24)21(18)20/h6-9,14H,10-11H2,1-5H3,(H,23,25)/t14-/m0/s1. The van der Waals surface area contributed by atoms with E-state index in [1.165, 1.54) is 0 Å². The fourth-order valence-corrected chi connectivity index (χ4v) is 3.92. The third-order valence-electron chi connectivity index (χ3n) is 4.99. The predicted octanol–water partition coefficient (Wildman–Crippen LogP) is 4.63. The number of ether oxygens (including phenoxy) is 1. The second-order valence-corrected chi connectivity index (χ2v) is 7.31. The highest BCUT2D eigenvalue weighted by molar-refractivity contribution is 6.04. The molecule has 3 rings (SSSR count). The number of anilines is 1. The molecule has 2 aromatic carbocycles. The lowest BCUT2D eigenvalue weighted by atomic mass is 9.97. The Morgan fingerprint density at radius 3 is 2.42 bits per heavy atom. The van der Waals surface area contributed by atoms with Crippen LogP contribution in [0.25, 0.3) is 0 Å². The zero-order chi connectivity index (χ0) is 19.0. The molecule has 26 heavy (non-hydrogen) atoms. The first kappa shape index (κ1) is 18.2. The van der Waals surface area contributed by atoms with Crippen LogP contribution in [0.5, 0.6) is 5.75 Å². The lowest BCUT2D eigenvalue weighted by molar-refractivity contribution is -0.118. The number of benzene rings is 2. The number of rotatable bonds is 4. The number of carbonyl (C=O) groups is 2. The fourth-order valence-electron chi connectivity index (χ4n) is 3.92. The summed E-state index contributed by atoms with van der Waals surface area (Å²) in [5, 5.41) is 2.93. The molecule has 0 aliphatic heterocycles. The number of fused-ring (bicyclic) bond motifs is 1. The van der Waals surface area contributed by atoms with Gasteiger partial charge in [0.05, 0.1) is 5.56 Å². The minimum absolute atomic E-state index is 0.0943. The Hall–Kier alpha value is -2.62. The van der Waals surface area contributed by atoms with Gasteiger partial charge in [0.2, 0.25) is 0 Å². The van der Waals surface area contributed by atoms with Gasteiger partial charge >= 0.3 is 0 Å². The lowest BCUT2D eigenvalue weighted by Crippen LogP contribution is -2.22. The van der Waals surface area contributed by atoms with Gasteiger partial charge in [-0.15, -0.1) is 0 Å². The van der Waals surface area contributed by atoms with Crippen LogP contribution >= 0.6 is 0 Å². The van der Waals surface area contributed by atoms with Crippen molar-refractivity contribution in [1.82, 2.24) is 0 Å². The summed E-state index contributed by atoms with van der Waals surface area (Å²) in [4.78, 5) is 24.7. The topological polar surface area (TPSA) is 55.4 Å². The van der Waals surface area contributed by atoms with E-state index in [-0.39, 0.29) is 24.2 Å². The maximum absolute atomic E-state index is 12.4. The number of hydrogen-bond acceptors (Lipinski definition) is 3. The summed E-state index contributed by atoms with van der Waals surface area (Å²) in [5.74, 6) is 0.574. The maximum Gasteiger partial charge on any atom is 0.262 e. The molecule has 4 nitrogen and oxygen atoms in total. The molecule has 0 bridgehead atoms. The summed E-state index contributed by atoms with van der Waals surface area (Å²) >= 11 is 0. The summed E-state index contributed by atoms with van der Waals surface area (Å²) < 4.78 is 5.73. The Bertz CT molecular complexity index is 875. The van der Waals surface area contributed by atoms with Crippen LogP contribution in [0.4, 0.5) is 5.69 Å². The predicted molar refractivity (Wildman–Crippen MR) is 103 cm³/mol. The van der Waals surface area contributed by atoms with Crippen molar-refractivity contribution in [3.05, 3.63) is 57.6 Å². The van der Waals surface area contributed by atoms with Crippen LogP contribution in [0.2, 0.25) is 0 Å². The molecule has 0 heterocycles. The van der Waals surface area contributed by atoms with E-state index >= 15 is 0 Å². The second kappa shape index (κ2) is 6.94. The van der Waals surface area contributed by atoms with Gasteiger partial charge in [0.25, 0.3) is 5.91 Å². The Labute approximate surface area is 154 Å². The van der Waals surface area contributed by atoms with Crippen LogP contribution in [0.1, 0.15) is 57.4 Å². The molecule has 1 aliphatic rings. The zero-order valence-corrected chi connectivity index (χ0v) is 16.0. The first-order chi connectivity index (χ1) is 12.3. The highest BCUT2D eigenvalue weighted by Gasteiger charge is 2.31. The van der Waals surface area contributed by atoms with Crippen molar-refractivity contribution < 1.29 is 14.3 Å². The van der Waals surface area contributed by atoms with Gasteiger partial charge in [-0.1, -0.05) is 30.7 Å². The van der Waals surface area contributed by atoms with Crippen molar-refractivity contribution in [2.75, 3.05) is 11.9 Å². The summed E-state index contributed by atoms with van der Waals surface area (Å²) in [6, 6.07) is 7.82. The van der Waals surface area contributed by atoms with Crippen molar-refractivity contribution in [2.24, 2.45) is 0 Å². The van der Waals surface area contributed by atoms with Crippen LogP contribution < -0.4 is 10.1 Å². The van der Waals surface area contributed by atoms with Crippen molar-refractivity contribution in [3.63, 3.8) is 0 Å². The van der Waals surface area contributed by atoms with E-state index in [0.29, 0.717) is 17.7 Å². The fraction of sp³-hybridized carbons (Fsp3) is 0.364. The van der Waals surface area contributed by atoms with Crippen molar-refractivity contribution in [1.29, 1.82) is 0 Å². The Balaban J connectivity index is 1.75. The minimum atomic E-state index is -0.229. The molecular formula is C22H25NO3. The molecule has 1 amide bonds. The van der Waals surface area contributed by atoms with Crippen LogP contribution in [0.3, 0.4) is 0 Å². The average Bonchev–Trinajstić information content (AvgIpc) is 2.86. The SMILES string of the molecule is Cc1cc(C)c(NC(=O)COc2ccc(C)c3c2C(=O)C[C@@H]3C)c(C)c1. The number of Topliss-reactive ketones (excluding diaryl/α,β-unsaturated/α-hetero) is 1. The summed E-state index contributed by atoms with van der Waals surface area (Å²) in [5.41, 5.74) is 6.83. The number of carbonyl (C=O) groups excluding carboxylic acids is 2. The van der Waals surface area contributed by atoms with Crippen molar-refractivity contribution >= 4 is 17.4 Å². The normalized spacial score (nSPS) is 15.7. The zero-order valence-electron chi connectivity index (χ0n) is 16.0. The van der Waals surface area contributed by atoms with Gasteiger partial charge in [-0.2, -0.15) is 0 Å². The average molecular weight is 351 g/mol. The molecular weight excluding hydrogens is 326 g/mol. The summed E-state index contributed by atoms with van der Waals surface area (Å²) in [6.45, 7) is 9.92. The van der Waals surface area contributed by atoms with Gasteiger partial charge < -0.3 is 10.1 Å². The largest absolute Gasteiger partial charge is 0.483 e. The smallest absolute Gasteiger partial charge is 0.262 e. The molecule has 0 aromatic heterocycles. The molecule has 4 heteroatoms. The summed E-state index contributed by atoms with van der Waals surface area (Å²) in [6.07, 6.45) is 0.504. The molecule has 0 fully saturated rings. The number of nitrogens with one attached hydrogen (secondary N) is 1.